The predicted molar refractivity (Wildman–Crippen MR) is 96.2 cm³/mol. The van der Waals surface area contributed by atoms with Gasteiger partial charge in [-0.3, -0.25) is 9.69 Å². The number of rotatable bonds is 6. The lowest BCUT2D eigenvalue weighted by atomic mass is 10.1. The van der Waals surface area contributed by atoms with Gasteiger partial charge >= 0.3 is 0 Å². The van der Waals surface area contributed by atoms with Crippen LogP contribution < -0.4 is 11.1 Å². The van der Waals surface area contributed by atoms with Crippen molar-refractivity contribution in [1.29, 1.82) is 0 Å². The molecule has 1 heterocycles. The number of amides is 1. The highest BCUT2D eigenvalue weighted by molar-refractivity contribution is 5.82. The van der Waals surface area contributed by atoms with Crippen LogP contribution in [0.25, 0.3) is 0 Å². The number of carbonyl (C=O) groups is 1. The van der Waals surface area contributed by atoms with E-state index in [9.17, 15) is 4.79 Å². The van der Waals surface area contributed by atoms with E-state index in [4.69, 9.17) is 5.73 Å². The third kappa shape index (κ3) is 4.43. The Bertz CT molecular complexity index is 648. The minimum Gasteiger partial charge on any atom is -0.350 e. The molecule has 0 aliphatic carbocycles. The molecule has 1 fully saturated rings. The molecule has 4 heteroatoms. The summed E-state index contributed by atoms with van der Waals surface area (Å²) in [7, 11) is 0. The van der Waals surface area contributed by atoms with E-state index in [1.54, 1.807) is 0 Å². The maximum Gasteiger partial charge on any atom is 0.241 e. The van der Waals surface area contributed by atoms with E-state index in [1.165, 1.54) is 31.5 Å². The fraction of sp³-hybridized carbons (Fsp3) is 0.350. The molecule has 126 valence electrons. The fourth-order valence-electron chi connectivity index (χ4n) is 3.07. The number of benzene rings is 2. The van der Waals surface area contributed by atoms with Crippen molar-refractivity contribution >= 4 is 5.91 Å². The first-order valence-corrected chi connectivity index (χ1v) is 8.61. The van der Waals surface area contributed by atoms with Crippen LogP contribution in [0.3, 0.4) is 0 Å². The normalized spacial score (nSPS) is 16.0. The van der Waals surface area contributed by atoms with Crippen molar-refractivity contribution in [3.63, 3.8) is 0 Å². The van der Waals surface area contributed by atoms with Gasteiger partial charge in [0.15, 0.2) is 0 Å². The Hall–Kier alpha value is -2.17. The monoisotopic (exact) mass is 323 g/mol. The molecular weight excluding hydrogens is 298 g/mol. The molecule has 0 aromatic heterocycles. The SMILES string of the molecule is NC(C(=O)NCc1ccc(CN2CCCC2)cc1)c1ccccc1. The molecule has 1 amide bonds. The Labute approximate surface area is 143 Å². The molecule has 0 saturated carbocycles. The van der Waals surface area contributed by atoms with Crippen LogP contribution in [0.15, 0.2) is 54.6 Å². The number of hydrogen-bond acceptors (Lipinski definition) is 3. The zero-order valence-electron chi connectivity index (χ0n) is 13.9. The van der Waals surface area contributed by atoms with Gasteiger partial charge in [-0.05, 0) is 42.6 Å². The summed E-state index contributed by atoms with van der Waals surface area (Å²) in [6.07, 6.45) is 2.62. The van der Waals surface area contributed by atoms with Crippen LogP contribution in [0.2, 0.25) is 0 Å². The van der Waals surface area contributed by atoms with E-state index < -0.39 is 6.04 Å². The zero-order chi connectivity index (χ0) is 16.8. The fourth-order valence-corrected chi connectivity index (χ4v) is 3.07. The number of hydrogen-bond donors (Lipinski definition) is 2. The minimum atomic E-state index is -0.624. The maximum absolute atomic E-state index is 12.2. The van der Waals surface area contributed by atoms with Crippen molar-refractivity contribution in [2.45, 2.75) is 32.0 Å². The van der Waals surface area contributed by atoms with Crippen LogP contribution >= 0.6 is 0 Å². The highest BCUT2D eigenvalue weighted by Crippen LogP contribution is 2.14. The first kappa shape index (κ1) is 16.7. The molecule has 1 atom stereocenters. The largest absolute Gasteiger partial charge is 0.350 e. The van der Waals surface area contributed by atoms with Gasteiger partial charge in [-0.1, -0.05) is 54.6 Å². The van der Waals surface area contributed by atoms with Crippen LogP contribution in [0.4, 0.5) is 0 Å². The Morgan fingerprint density at radius 1 is 1.00 bits per heavy atom. The van der Waals surface area contributed by atoms with Gasteiger partial charge in [0.2, 0.25) is 5.91 Å². The topological polar surface area (TPSA) is 58.4 Å². The number of nitrogens with one attached hydrogen (secondary N) is 1. The summed E-state index contributed by atoms with van der Waals surface area (Å²) >= 11 is 0. The zero-order valence-corrected chi connectivity index (χ0v) is 13.9. The van der Waals surface area contributed by atoms with Gasteiger partial charge in [-0.25, -0.2) is 0 Å². The molecule has 0 bridgehead atoms. The molecule has 24 heavy (non-hydrogen) atoms. The second-order valence-electron chi connectivity index (χ2n) is 6.41. The second kappa shape index (κ2) is 8.08. The molecule has 1 saturated heterocycles. The molecule has 1 aliphatic heterocycles. The summed E-state index contributed by atoms with van der Waals surface area (Å²) in [6.45, 7) is 3.93. The van der Waals surface area contributed by atoms with Gasteiger partial charge in [0, 0.05) is 13.1 Å². The van der Waals surface area contributed by atoms with Crippen molar-refractivity contribution in [1.82, 2.24) is 10.2 Å². The summed E-state index contributed by atoms with van der Waals surface area (Å²) in [4.78, 5) is 14.7. The van der Waals surface area contributed by atoms with Crippen molar-refractivity contribution in [2.75, 3.05) is 13.1 Å². The second-order valence-corrected chi connectivity index (χ2v) is 6.41. The molecule has 0 spiro atoms. The summed E-state index contributed by atoms with van der Waals surface area (Å²) in [5.74, 6) is -0.151. The van der Waals surface area contributed by atoms with Gasteiger partial charge in [0.05, 0.1) is 0 Å². The summed E-state index contributed by atoms with van der Waals surface area (Å²) < 4.78 is 0. The highest BCUT2D eigenvalue weighted by atomic mass is 16.2. The van der Waals surface area contributed by atoms with Crippen LogP contribution in [0.1, 0.15) is 35.6 Å². The lowest BCUT2D eigenvalue weighted by Gasteiger charge is -2.15. The quantitative estimate of drug-likeness (QED) is 0.859. The van der Waals surface area contributed by atoms with Crippen LogP contribution in [0, 0.1) is 0 Å². The minimum absolute atomic E-state index is 0.151. The Morgan fingerprint density at radius 2 is 1.62 bits per heavy atom. The Balaban J connectivity index is 1.50. The first-order valence-electron chi connectivity index (χ1n) is 8.61. The Kier molecular flexibility index (Phi) is 5.62. The number of nitrogens with two attached hydrogens (primary N) is 1. The third-order valence-corrected chi connectivity index (χ3v) is 4.54. The van der Waals surface area contributed by atoms with Gasteiger partial charge in [0.1, 0.15) is 6.04 Å². The molecule has 4 nitrogen and oxygen atoms in total. The van der Waals surface area contributed by atoms with E-state index >= 15 is 0 Å². The lowest BCUT2D eigenvalue weighted by molar-refractivity contribution is -0.122. The summed E-state index contributed by atoms with van der Waals surface area (Å²) in [5.41, 5.74) is 9.25. The van der Waals surface area contributed by atoms with Crippen LogP contribution in [0.5, 0.6) is 0 Å². The van der Waals surface area contributed by atoms with Crippen LogP contribution in [-0.4, -0.2) is 23.9 Å². The highest BCUT2D eigenvalue weighted by Gasteiger charge is 2.15. The van der Waals surface area contributed by atoms with E-state index in [2.05, 4.69) is 34.5 Å². The van der Waals surface area contributed by atoms with Crippen molar-refractivity contribution in [2.24, 2.45) is 5.73 Å². The molecule has 2 aromatic carbocycles. The van der Waals surface area contributed by atoms with Gasteiger partial charge in [0.25, 0.3) is 0 Å². The molecular formula is C20H25N3O. The van der Waals surface area contributed by atoms with Crippen molar-refractivity contribution in [3.05, 3.63) is 71.3 Å². The molecule has 1 unspecified atom stereocenters. The van der Waals surface area contributed by atoms with Gasteiger partial charge in [-0.15, -0.1) is 0 Å². The van der Waals surface area contributed by atoms with E-state index in [-0.39, 0.29) is 5.91 Å². The van der Waals surface area contributed by atoms with Crippen LogP contribution in [-0.2, 0) is 17.9 Å². The standard InChI is InChI=1S/C20H25N3O/c21-19(18-6-2-1-3-7-18)20(24)22-14-16-8-10-17(11-9-16)15-23-12-4-5-13-23/h1-3,6-11,19H,4-5,12-15,21H2,(H,22,24). The summed E-state index contributed by atoms with van der Waals surface area (Å²) in [5, 5.41) is 2.92. The first-order chi connectivity index (χ1) is 11.7. The van der Waals surface area contributed by atoms with E-state index in [1.807, 2.05) is 30.3 Å². The molecule has 0 radical (unpaired) electrons. The maximum atomic E-state index is 12.2. The third-order valence-electron chi connectivity index (χ3n) is 4.54. The predicted octanol–water partition coefficient (Wildman–Crippen LogP) is 2.60. The number of likely N-dealkylation sites (tertiary alicyclic amines) is 1. The molecule has 2 aromatic rings. The van der Waals surface area contributed by atoms with Gasteiger partial charge in [-0.2, -0.15) is 0 Å². The number of carbonyl (C=O) groups excluding carboxylic acids is 1. The Morgan fingerprint density at radius 3 is 2.29 bits per heavy atom. The molecule has 1 aliphatic rings. The van der Waals surface area contributed by atoms with Gasteiger partial charge < -0.3 is 11.1 Å². The van der Waals surface area contributed by atoms with E-state index in [0.29, 0.717) is 6.54 Å². The average molecular weight is 323 g/mol. The average Bonchev–Trinajstić information content (AvgIpc) is 3.14. The van der Waals surface area contributed by atoms with Crippen molar-refractivity contribution < 1.29 is 4.79 Å². The van der Waals surface area contributed by atoms with Crippen molar-refractivity contribution in [3.8, 4) is 0 Å². The molecule has 3 N–H and O–H groups in total. The number of nitrogens with zero attached hydrogens (tertiary/aromatic N) is 1. The summed E-state index contributed by atoms with van der Waals surface area (Å²) in [6, 6.07) is 17.3. The van der Waals surface area contributed by atoms with E-state index in [0.717, 1.165) is 17.7 Å². The molecule has 3 rings (SSSR count). The smallest absolute Gasteiger partial charge is 0.241 e. The lowest BCUT2D eigenvalue weighted by Crippen LogP contribution is -2.33.